The second kappa shape index (κ2) is 7.39. The first-order chi connectivity index (χ1) is 12.7. The maximum absolute atomic E-state index is 12.6. The third-order valence-corrected chi connectivity index (χ3v) is 5.34. The number of hydrogen-bond acceptors (Lipinski definition) is 6. The summed E-state index contributed by atoms with van der Waals surface area (Å²) in [7, 11) is 0. The summed E-state index contributed by atoms with van der Waals surface area (Å²) in [6.45, 7) is 2.62. The van der Waals surface area contributed by atoms with Crippen molar-refractivity contribution in [3.05, 3.63) is 58.8 Å². The Morgan fingerprint density at radius 1 is 1.08 bits per heavy atom. The summed E-state index contributed by atoms with van der Waals surface area (Å²) >= 11 is 7.54. The smallest absolute Gasteiger partial charge is 0.254 e. The van der Waals surface area contributed by atoms with Crippen molar-refractivity contribution in [2.24, 2.45) is 0 Å². The lowest BCUT2D eigenvalue weighted by molar-refractivity contribution is 0.0746. The van der Waals surface area contributed by atoms with Crippen molar-refractivity contribution in [3.8, 4) is 10.6 Å². The van der Waals surface area contributed by atoms with E-state index in [0.717, 1.165) is 10.6 Å². The Balaban J connectivity index is 1.44. The summed E-state index contributed by atoms with van der Waals surface area (Å²) in [6.07, 6.45) is 3.34. The van der Waals surface area contributed by atoms with Crippen LogP contribution in [0.5, 0.6) is 0 Å². The molecule has 3 aromatic heterocycles. The number of halogens is 1. The van der Waals surface area contributed by atoms with Gasteiger partial charge in [-0.3, -0.25) is 4.79 Å². The molecule has 0 saturated carbocycles. The van der Waals surface area contributed by atoms with Crippen molar-refractivity contribution >= 4 is 34.8 Å². The highest BCUT2D eigenvalue weighted by Gasteiger charge is 2.24. The number of amides is 1. The quantitative estimate of drug-likeness (QED) is 0.648. The number of piperazine rings is 1. The van der Waals surface area contributed by atoms with Gasteiger partial charge in [-0.1, -0.05) is 17.7 Å². The molecule has 1 aliphatic rings. The Morgan fingerprint density at radius 2 is 1.88 bits per heavy atom. The van der Waals surface area contributed by atoms with Gasteiger partial charge >= 0.3 is 0 Å². The first-order valence-electron chi connectivity index (χ1n) is 8.23. The van der Waals surface area contributed by atoms with Gasteiger partial charge in [-0.05, 0) is 29.6 Å². The minimum absolute atomic E-state index is 0.0257. The van der Waals surface area contributed by atoms with Crippen molar-refractivity contribution in [2.75, 3.05) is 31.1 Å². The van der Waals surface area contributed by atoms with Crippen LogP contribution in [-0.4, -0.2) is 51.9 Å². The number of carbonyl (C=O) groups excluding carboxylic acids is 1. The molecule has 6 nitrogen and oxygen atoms in total. The fraction of sp³-hybridized carbons (Fsp3) is 0.222. The van der Waals surface area contributed by atoms with Crippen LogP contribution in [0.25, 0.3) is 10.6 Å². The van der Waals surface area contributed by atoms with Crippen LogP contribution in [0.15, 0.2) is 48.1 Å². The van der Waals surface area contributed by atoms with Crippen molar-refractivity contribution < 1.29 is 4.79 Å². The minimum atomic E-state index is -0.0257. The Hall–Kier alpha value is -2.51. The molecule has 0 aliphatic carbocycles. The molecule has 1 amide bonds. The molecule has 0 aromatic carbocycles. The lowest BCUT2D eigenvalue weighted by Crippen LogP contribution is -2.49. The Kier molecular flexibility index (Phi) is 4.81. The zero-order chi connectivity index (χ0) is 17.9. The third-order valence-electron chi connectivity index (χ3n) is 4.24. The van der Waals surface area contributed by atoms with E-state index in [1.165, 1.54) is 0 Å². The average Bonchev–Trinajstić information content (AvgIpc) is 3.23. The van der Waals surface area contributed by atoms with Gasteiger partial charge in [0, 0.05) is 44.1 Å². The maximum Gasteiger partial charge on any atom is 0.254 e. The number of carbonyl (C=O) groups is 1. The predicted molar refractivity (Wildman–Crippen MR) is 103 cm³/mol. The van der Waals surface area contributed by atoms with E-state index in [1.54, 1.807) is 35.9 Å². The third kappa shape index (κ3) is 3.54. The molecular weight excluding hydrogens is 370 g/mol. The number of hydrogen-bond donors (Lipinski definition) is 0. The largest absolute Gasteiger partial charge is 0.337 e. The Labute approximate surface area is 160 Å². The van der Waals surface area contributed by atoms with Gasteiger partial charge in [0.2, 0.25) is 5.95 Å². The molecule has 1 fully saturated rings. The fourth-order valence-corrected chi connectivity index (χ4v) is 3.76. The van der Waals surface area contributed by atoms with E-state index >= 15 is 0 Å². The molecule has 0 spiro atoms. The highest BCUT2D eigenvalue weighted by Crippen LogP contribution is 2.24. The molecule has 4 rings (SSSR count). The van der Waals surface area contributed by atoms with Gasteiger partial charge in [0.1, 0.15) is 5.15 Å². The highest BCUT2D eigenvalue weighted by molar-refractivity contribution is 7.13. The number of thiophene rings is 1. The number of aromatic nitrogens is 3. The van der Waals surface area contributed by atoms with Crippen LogP contribution >= 0.6 is 22.9 Å². The van der Waals surface area contributed by atoms with Crippen molar-refractivity contribution in [2.45, 2.75) is 0 Å². The summed E-state index contributed by atoms with van der Waals surface area (Å²) in [5.74, 6) is 0.678. The summed E-state index contributed by atoms with van der Waals surface area (Å²) in [5, 5.41) is 2.36. The van der Waals surface area contributed by atoms with Gasteiger partial charge in [0.25, 0.3) is 5.91 Å². The maximum atomic E-state index is 12.6. The van der Waals surface area contributed by atoms with Crippen molar-refractivity contribution in [1.29, 1.82) is 0 Å². The van der Waals surface area contributed by atoms with E-state index in [4.69, 9.17) is 11.6 Å². The molecule has 3 aromatic rings. The van der Waals surface area contributed by atoms with Crippen molar-refractivity contribution in [1.82, 2.24) is 19.9 Å². The molecule has 8 heteroatoms. The lowest BCUT2D eigenvalue weighted by atomic mass is 10.2. The zero-order valence-electron chi connectivity index (χ0n) is 13.9. The molecule has 4 heterocycles. The highest BCUT2D eigenvalue weighted by atomic mass is 35.5. The first-order valence-corrected chi connectivity index (χ1v) is 9.49. The van der Waals surface area contributed by atoms with E-state index < -0.39 is 0 Å². The van der Waals surface area contributed by atoms with Gasteiger partial charge in [-0.2, -0.15) is 0 Å². The van der Waals surface area contributed by atoms with E-state index in [1.807, 2.05) is 28.5 Å². The normalized spacial score (nSPS) is 14.5. The molecule has 0 radical (unpaired) electrons. The van der Waals surface area contributed by atoms with Crippen LogP contribution in [0.2, 0.25) is 5.15 Å². The number of nitrogens with zero attached hydrogens (tertiary/aromatic N) is 5. The van der Waals surface area contributed by atoms with E-state index in [0.29, 0.717) is 42.8 Å². The van der Waals surface area contributed by atoms with E-state index in [9.17, 15) is 4.79 Å². The molecule has 132 valence electrons. The minimum Gasteiger partial charge on any atom is -0.337 e. The molecule has 26 heavy (non-hydrogen) atoms. The van der Waals surface area contributed by atoms with Gasteiger partial charge < -0.3 is 9.80 Å². The molecule has 0 bridgehead atoms. The van der Waals surface area contributed by atoms with Gasteiger partial charge in [0.15, 0.2) is 0 Å². The van der Waals surface area contributed by atoms with Crippen LogP contribution in [0.4, 0.5) is 5.95 Å². The first kappa shape index (κ1) is 16.9. The van der Waals surface area contributed by atoms with Crippen LogP contribution in [0, 0.1) is 0 Å². The molecular formula is C18H16ClN5OS. The van der Waals surface area contributed by atoms with Crippen LogP contribution in [0.3, 0.4) is 0 Å². The molecule has 1 aliphatic heterocycles. The summed E-state index contributed by atoms with van der Waals surface area (Å²) in [5.41, 5.74) is 1.49. The van der Waals surface area contributed by atoms with Gasteiger partial charge in [-0.25, -0.2) is 15.0 Å². The molecule has 1 saturated heterocycles. The van der Waals surface area contributed by atoms with Crippen LogP contribution < -0.4 is 4.90 Å². The van der Waals surface area contributed by atoms with Gasteiger partial charge in [-0.15, -0.1) is 11.3 Å². The van der Waals surface area contributed by atoms with E-state index in [2.05, 4.69) is 19.9 Å². The average molecular weight is 386 g/mol. The van der Waals surface area contributed by atoms with Crippen molar-refractivity contribution in [3.63, 3.8) is 0 Å². The van der Waals surface area contributed by atoms with Gasteiger partial charge in [0.05, 0.1) is 10.6 Å². The standard InChI is InChI=1S/C18H16ClN5OS/c19-16-12-13(3-5-20-16)17(25)23-7-9-24(10-8-23)18-21-6-4-14(22-18)15-2-1-11-26-15/h1-6,11-12H,7-10H2. The summed E-state index contributed by atoms with van der Waals surface area (Å²) < 4.78 is 0. The summed E-state index contributed by atoms with van der Waals surface area (Å²) in [4.78, 5) is 30.7. The topological polar surface area (TPSA) is 62.2 Å². The Bertz CT molecular complexity index is 909. The van der Waals surface area contributed by atoms with Crippen LogP contribution in [0.1, 0.15) is 10.4 Å². The monoisotopic (exact) mass is 385 g/mol. The fourth-order valence-electron chi connectivity index (χ4n) is 2.89. The Morgan fingerprint density at radius 3 is 2.62 bits per heavy atom. The lowest BCUT2D eigenvalue weighted by Gasteiger charge is -2.34. The predicted octanol–water partition coefficient (Wildman–Crippen LogP) is 3.22. The second-order valence-corrected chi connectivity index (χ2v) is 7.20. The zero-order valence-corrected chi connectivity index (χ0v) is 15.5. The number of pyridine rings is 1. The van der Waals surface area contributed by atoms with E-state index in [-0.39, 0.29) is 5.91 Å². The number of anilines is 1. The SMILES string of the molecule is O=C(c1ccnc(Cl)c1)N1CCN(c2nccc(-c3cccs3)n2)CC1. The van der Waals surface area contributed by atoms with Crippen LogP contribution in [-0.2, 0) is 0 Å². The number of rotatable bonds is 3. The molecule has 0 N–H and O–H groups in total. The summed E-state index contributed by atoms with van der Waals surface area (Å²) in [6, 6.07) is 9.27. The molecule has 0 atom stereocenters. The molecule has 0 unspecified atom stereocenters. The second-order valence-electron chi connectivity index (χ2n) is 5.87.